The molecule has 0 radical (unpaired) electrons. The van der Waals surface area contributed by atoms with Crippen molar-refractivity contribution >= 4 is 19.9 Å². The van der Waals surface area contributed by atoms with E-state index in [2.05, 4.69) is 5.32 Å². The molecule has 0 aromatic carbocycles. The second-order valence-corrected chi connectivity index (χ2v) is 9.31. The summed E-state index contributed by atoms with van der Waals surface area (Å²) in [7, 11) is -6.73. The molecule has 1 N–H and O–H groups in total. The molecule has 1 fully saturated rings. The van der Waals surface area contributed by atoms with Gasteiger partial charge >= 0.3 is 0 Å². The maximum Gasteiger partial charge on any atom is 0.215 e. The Morgan fingerprint density at radius 2 is 1.84 bits per heavy atom. The quantitative estimate of drug-likeness (QED) is 0.705. The first-order valence-corrected chi connectivity index (χ1v) is 10.3. The molecule has 114 valence electrons. The average Bonchev–Trinajstić information content (AvgIpc) is 2.34. The molecule has 0 aliphatic carbocycles. The van der Waals surface area contributed by atoms with E-state index in [1.807, 2.05) is 6.92 Å². The summed E-state index contributed by atoms with van der Waals surface area (Å²) in [6, 6.07) is -0.0433. The van der Waals surface area contributed by atoms with E-state index in [9.17, 15) is 16.8 Å². The normalized spacial score (nSPS) is 22.5. The van der Waals surface area contributed by atoms with E-state index < -0.39 is 19.9 Å². The Hall–Kier alpha value is -0.180. The van der Waals surface area contributed by atoms with Gasteiger partial charge in [-0.2, -0.15) is 4.31 Å². The third-order valence-corrected chi connectivity index (χ3v) is 6.39. The minimum Gasteiger partial charge on any atom is -0.315 e. The summed E-state index contributed by atoms with van der Waals surface area (Å²) in [6.07, 6.45) is 3.77. The van der Waals surface area contributed by atoms with Crippen LogP contribution >= 0.6 is 0 Å². The van der Waals surface area contributed by atoms with Crippen LogP contribution in [0.2, 0.25) is 0 Å². The van der Waals surface area contributed by atoms with E-state index in [-0.39, 0.29) is 17.5 Å². The van der Waals surface area contributed by atoms with Gasteiger partial charge in [-0.15, -0.1) is 0 Å². The average molecular weight is 312 g/mol. The summed E-state index contributed by atoms with van der Waals surface area (Å²) in [5, 5.41) is 3.17. The van der Waals surface area contributed by atoms with Gasteiger partial charge in [-0.3, -0.25) is 0 Å². The maximum atomic E-state index is 12.2. The minimum atomic E-state index is -3.48. The molecule has 1 rings (SSSR count). The molecule has 1 saturated heterocycles. The monoisotopic (exact) mass is 312 g/mol. The van der Waals surface area contributed by atoms with Gasteiger partial charge in [-0.1, -0.05) is 13.3 Å². The number of sulfonamides is 1. The number of nitrogens with one attached hydrogen (secondary N) is 1. The molecule has 0 spiro atoms. The Bertz CT molecular complexity index is 473. The van der Waals surface area contributed by atoms with E-state index in [1.54, 1.807) is 0 Å². The van der Waals surface area contributed by atoms with Crippen LogP contribution in [0.5, 0.6) is 0 Å². The molecule has 1 atom stereocenters. The van der Waals surface area contributed by atoms with Gasteiger partial charge in [-0.25, -0.2) is 16.8 Å². The lowest BCUT2D eigenvalue weighted by atomic mass is 10.1. The predicted octanol–water partition coefficient (Wildman–Crippen LogP) is -0.175. The van der Waals surface area contributed by atoms with Gasteiger partial charge in [0.05, 0.1) is 11.5 Å². The summed E-state index contributed by atoms with van der Waals surface area (Å²) >= 11 is 0. The van der Waals surface area contributed by atoms with Gasteiger partial charge in [-0.05, 0) is 19.4 Å². The lowest BCUT2D eigenvalue weighted by Gasteiger charge is -2.34. The molecule has 1 heterocycles. The fraction of sp³-hybridized carbons (Fsp3) is 1.00. The molecule has 19 heavy (non-hydrogen) atoms. The van der Waals surface area contributed by atoms with E-state index in [0.717, 1.165) is 32.1 Å². The highest BCUT2D eigenvalue weighted by Gasteiger charge is 2.32. The summed E-state index contributed by atoms with van der Waals surface area (Å²) in [5.74, 6) is -0.617. The molecule has 0 aromatic heterocycles. The van der Waals surface area contributed by atoms with Crippen molar-refractivity contribution in [1.82, 2.24) is 9.62 Å². The van der Waals surface area contributed by atoms with Gasteiger partial charge in [0.1, 0.15) is 9.84 Å². The standard InChI is InChI=1S/C11H24N2O4S2/c1-3-12-10-11-6-4-5-7-13(11)19(16,17)9-8-18(2,14)15/h11-12H,3-10H2,1-2H3. The van der Waals surface area contributed by atoms with Crippen LogP contribution in [0.25, 0.3) is 0 Å². The zero-order valence-corrected chi connectivity index (χ0v) is 13.3. The van der Waals surface area contributed by atoms with Crippen molar-refractivity contribution in [2.45, 2.75) is 32.2 Å². The maximum absolute atomic E-state index is 12.2. The van der Waals surface area contributed by atoms with Gasteiger partial charge in [0.2, 0.25) is 10.0 Å². The van der Waals surface area contributed by atoms with Crippen LogP contribution in [0.4, 0.5) is 0 Å². The third kappa shape index (κ3) is 5.76. The van der Waals surface area contributed by atoms with E-state index in [1.165, 1.54) is 4.31 Å². The molecular formula is C11H24N2O4S2. The lowest BCUT2D eigenvalue weighted by molar-refractivity contribution is 0.247. The summed E-state index contributed by atoms with van der Waals surface area (Å²) in [5.41, 5.74) is 0. The fourth-order valence-electron chi connectivity index (χ4n) is 2.23. The Morgan fingerprint density at radius 3 is 2.42 bits per heavy atom. The van der Waals surface area contributed by atoms with Crippen molar-refractivity contribution in [2.24, 2.45) is 0 Å². The van der Waals surface area contributed by atoms with Crippen molar-refractivity contribution in [3.8, 4) is 0 Å². The van der Waals surface area contributed by atoms with Crippen LogP contribution in [0, 0.1) is 0 Å². The molecule has 1 unspecified atom stereocenters. The van der Waals surface area contributed by atoms with Crippen LogP contribution < -0.4 is 5.32 Å². The van der Waals surface area contributed by atoms with E-state index >= 15 is 0 Å². The molecule has 1 aliphatic rings. The highest BCUT2D eigenvalue weighted by Crippen LogP contribution is 2.20. The first kappa shape index (κ1) is 16.9. The van der Waals surface area contributed by atoms with Crippen LogP contribution in [-0.2, 0) is 19.9 Å². The van der Waals surface area contributed by atoms with Crippen molar-refractivity contribution in [2.75, 3.05) is 37.4 Å². The molecule has 0 amide bonds. The molecule has 0 bridgehead atoms. The van der Waals surface area contributed by atoms with Crippen molar-refractivity contribution in [3.63, 3.8) is 0 Å². The van der Waals surface area contributed by atoms with Crippen LogP contribution in [0.1, 0.15) is 26.2 Å². The zero-order valence-electron chi connectivity index (χ0n) is 11.6. The predicted molar refractivity (Wildman–Crippen MR) is 76.4 cm³/mol. The molecular weight excluding hydrogens is 288 g/mol. The largest absolute Gasteiger partial charge is 0.315 e. The smallest absolute Gasteiger partial charge is 0.215 e. The number of likely N-dealkylation sites (N-methyl/N-ethyl adjacent to an activating group) is 1. The Kier molecular flexibility index (Phi) is 6.22. The molecule has 8 heteroatoms. The second kappa shape index (κ2) is 7.01. The Balaban J connectivity index is 2.72. The second-order valence-electron chi connectivity index (χ2n) is 5.01. The van der Waals surface area contributed by atoms with Crippen LogP contribution in [0.3, 0.4) is 0 Å². The highest BCUT2D eigenvalue weighted by molar-refractivity contribution is 7.93. The van der Waals surface area contributed by atoms with E-state index in [4.69, 9.17) is 0 Å². The third-order valence-electron chi connectivity index (χ3n) is 3.27. The first-order chi connectivity index (χ1) is 8.76. The number of nitrogens with zero attached hydrogens (tertiary/aromatic N) is 1. The van der Waals surface area contributed by atoms with Gasteiger partial charge in [0, 0.05) is 25.4 Å². The summed E-state index contributed by atoms with van der Waals surface area (Å²) < 4.78 is 48.2. The topological polar surface area (TPSA) is 83.6 Å². The molecule has 6 nitrogen and oxygen atoms in total. The number of piperidine rings is 1. The van der Waals surface area contributed by atoms with Crippen molar-refractivity contribution < 1.29 is 16.8 Å². The molecule has 0 saturated carbocycles. The summed E-state index contributed by atoms with van der Waals surface area (Å²) in [4.78, 5) is 0. The minimum absolute atomic E-state index is 0.0433. The Morgan fingerprint density at radius 1 is 1.16 bits per heavy atom. The van der Waals surface area contributed by atoms with Gasteiger partial charge in [0.25, 0.3) is 0 Å². The van der Waals surface area contributed by atoms with E-state index in [0.29, 0.717) is 13.1 Å². The fourth-order valence-corrected chi connectivity index (χ4v) is 5.56. The van der Waals surface area contributed by atoms with Gasteiger partial charge in [0.15, 0.2) is 0 Å². The lowest BCUT2D eigenvalue weighted by Crippen LogP contribution is -2.49. The van der Waals surface area contributed by atoms with Crippen molar-refractivity contribution in [3.05, 3.63) is 0 Å². The Labute approximate surface area is 116 Å². The SMILES string of the molecule is CCNCC1CCCCN1S(=O)(=O)CCS(C)(=O)=O. The number of rotatable bonds is 7. The number of hydrogen-bond acceptors (Lipinski definition) is 5. The van der Waals surface area contributed by atoms with Crippen LogP contribution in [0.15, 0.2) is 0 Å². The number of hydrogen-bond donors (Lipinski definition) is 1. The first-order valence-electron chi connectivity index (χ1n) is 6.64. The summed E-state index contributed by atoms with van der Waals surface area (Å²) in [6.45, 7) is 3.91. The van der Waals surface area contributed by atoms with Crippen molar-refractivity contribution in [1.29, 1.82) is 0 Å². The number of sulfone groups is 1. The molecule has 0 aromatic rings. The van der Waals surface area contributed by atoms with Crippen LogP contribution in [-0.4, -0.2) is 64.6 Å². The van der Waals surface area contributed by atoms with Gasteiger partial charge < -0.3 is 5.32 Å². The zero-order chi connectivity index (χ0) is 14.5. The molecule has 1 aliphatic heterocycles. The highest BCUT2D eigenvalue weighted by atomic mass is 32.2.